The Bertz CT molecular complexity index is 1840. The molecule has 47 heavy (non-hydrogen) atoms. The van der Waals surface area contributed by atoms with E-state index in [4.69, 9.17) is 19.3 Å². The maximum absolute atomic E-state index is 17.0. The molecule has 1 saturated heterocycles. The number of carbonyl (C=O) groups excluding carboxylic acids is 1. The van der Waals surface area contributed by atoms with E-state index in [-0.39, 0.29) is 12.6 Å². The summed E-state index contributed by atoms with van der Waals surface area (Å²) in [5.74, 6) is 0.707. The van der Waals surface area contributed by atoms with Gasteiger partial charge in [0.25, 0.3) is 0 Å². The number of aromatic nitrogens is 5. The lowest BCUT2D eigenvalue weighted by Gasteiger charge is -2.23. The number of nitrogens with zero attached hydrogens (tertiary/aromatic N) is 5. The Balaban J connectivity index is 1.39. The number of hydrogen-bond donors (Lipinski definition) is 0. The minimum absolute atomic E-state index is 0.0182. The van der Waals surface area contributed by atoms with Crippen molar-refractivity contribution in [2.45, 2.75) is 77.9 Å². The topological polar surface area (TPSA) is 93.3 Å². The zero-order valence-corrected chi connectivity index (χ0v) is 28.5. The molecular formula is C36H42FN5O4Si. The van der Waals surface area contributed by atoms with Crippen molar-refractivity contribution in [3.8, 4) is 28.4 Å². The van der Waals surface area contributed by atoms with Gasteiger partial charge in [0.2, 0.25) is 5.82 Å². The third-order valence-electron chi connectivity index (χ3n) is 8.45. The zero-order chi connectivity index (χ0) is 33.0. The number of halogens is 1. The first-order chi connectivity index (χ1) is 22.8. The molecule has 3 aromatic carbocycles. The molecule has 5 aromatic rings. The van der Waals surface area contributed by atoms with E-state index in [1.54, 1.807) is 10.7 Å². The fraction of sp³-hybridized carbons (Fsp3) is 0.389. The number of carbonyl (C=O) groups is 1. The van der Waals surface area contributed by atoms with Crippen molar-refractivity contribution in [1.82, 2.24) is 24.5 Å². The second-order valence-electron chi connectivity index (χ2n) is 13.1. The van der Waals surface area contributed by atoms with Crippen LogP contribution < -0.4 is 4.74 Å². The predicted octanol–water partition coefficient (Wildman–Crippen LogP) is 8.07. The number of aryl methyl sites for hydroxylation is 1. The van der Waals surface area contributed by atoms with E-state index in [0.29, 0.717) is 66.9 Å². The van der Waals surface area contributed by atoms with Crippen LogP contribution in [-0.4, -0.2) is 52.1 Å². The van der Waals surface area contributed by atoms with Crippen molar-refractivity contribution < 1.29 is 23.4 Å². The van der Waals surface area contributed by atoms with Gasteiger partial charge in [-0.05, 0) is 66.6 Å². The largest absolute Gasteiger partial charge is 0.489 e. The van der Waals surface area contributed by atoms with E-state index in [9.17, 15) is 4.79 Å². The highest BCUT2D eigenvalue weighted by Gasteiger charge is 2.28. The Kier molecular flexibility index (Phi) is 9.95. The number of fused-ring (bicyclic) bond motifs is 1. The Morgan fingerprint density at radius 3 is 2.57 bits per heavy atom. The van der Waals surface area contributed by atoms with Crippen molar-refractivity contribution in [2.24, 2.45) is 0 Å². The summed E-state index contributed by atoms with van der Waals surface area (Å²) < 4.78 is 38.3. The smallest absolute Gasteiger partial charge is 0.214 e. The van der Waals surface area contributed by atoms with Crippen LogP contribution in [0.2, 0.25) is 25.7 Å². The highest BCUT2D eigenvalue weighted by atomic mass is 28.3. The normalized spacial score (nSPS) is 15.3. The van der Waals surface area contributed by atoms with Crippen LogP contribution in [0.5, 0.6) is 5.75 Å². The van der Waals surface area contributed by atoms with Crippen LogP contribution in [-0.2, 0) is 29.2 Å². The van der Waals surface area contributed by atoms with Gasteiger partial charge in [-0.1, -0.05) is 69.0 Å². The molecule has 0 bridgehead atoms. The van der Waals surface area contributed by atoms with E-state index >= 15 is 4.39 Å². The summed E-state index contributed by atoms with van der Waals surface area (Å²) in [5.41, 5.74) is 4.07. The van der Waals surface area contributed by atoms with Crippen LogP contribution in [0.15, 0.2) is 60.7 Å². The SMILES string of the molecule is CCc1cc(OCc2ccccc2)ccc1-c1ccc2c(-c3nc(C=O)nn3COCC[Si](C)(C)C)nn(C3CCCCO3)c2c1F. The third-order valence-corrected chi connectivity index (χ3v) is 10.2. The molecule has 1 aliphatic heterocycles. The number of hydrogen-bond acceptors (Lipinski definition) is 7. The summed E-state index contributed by atoms with van der Waals surface area (Å²) in [6, 6.07) is 20.5. The minimum Gasteiger partial charge on any atom is -0.489 e. The maximum atomic E-state index is 17.0. The molecule has 9 nitrogen and oxygen atoms in total. The highest BCUT2D eigenvalue weighted by molar-refractivity contribution is 6.76. The van der Waals surface area contributed by atoms with Gasteiger partial charge in [0.05, 0.1) is 0 Å². The summed E-state index contributed by atoms with van der Waals surface area (Å²) >= 11 is 0. The van der Waals surface area contributed by atoms with Crippen molar-refractivity contribution in [2.75, 3.05) is 13.2 Å². The maximum Gasteiger partial charge on any atom is 0.214 e. The molecular weight excluding hydrogens is 614 g/mol. The number of benzene rings is 3. The molecule has 6 rings (SSSR count). The van der Waals surface area contributed by atoms with E-state index in [1.807, 2.05) is 54.6 Å². The molecule has 0 saturated carbocycles. The van der Waals surface area contributed by atoms with Gasteiger partial charge < -0.3 is 14.2 Å². The molecule has 11 heteroatoms. The van der Waals surface area contributed by atoms with Crippen LogP contribution >= 0.6 is 0 Å². The van der Waals surface area contributed by atoms with Crippen molar-refractivity contribution >= 4 is 25.3 Å². The monoisotopic (exact) mass is 655 g/mol. The number of rotatable bonds is 13. The fourth-order valence-corrected chi connectivity index (χ4v) is 6.61. The summed E-state index contributed by atoms with van der Waals surface area (Å²) in [5, 5.41) is 9.83. The molecule has 0 aliphatic carbocycles. The van der Waals surface area contributed by atoms with E-state index < -0.39 is 20.1 Å². The molecule has 1 fully saturated rings. The van der Waals surface area contributed by atoms with Gasteiger partial charge in [-0.15, -0.1) is 5.10 Å². The van der Waals surface area contributed by atoms with Crippen LogP contribution in [0.25, 0.3) is 33.5 Å². The van der Waals surface area contributed by atoms with Crippen LogP contribution in [0.3, 0.4) is 0 Å². The van der Waals surface area contributed by atoms with Crippen molar-refractivity contribution in [1.29, 1.82) is 0 Å². The third kappa shape index (κ3) is 7.37. The first-order valence-corrected chi connectivity index (χ1v) is 20.1. The summed E-state index contributed by atoms with van der Waals surface area (Å²) in [7, 11) is -1.30. The van der Waals surface area contributed by atoms with Gasteiger partial charge in [0.1, 0.15) is 30.3 Å². The Morgan fingerprint density at radius 2 is 1.85 bits per heavy atom. The van der Waals surface area contributed by atoms with Crippen LogP contribution in [0.4, 0.5) is 4.39 Å². The standard InChI is InChI=1S/C36H42FN5O4Si/c1-5-26-21-27(46-23-25-11-7-6-8-12-25)14-15-28(26)29-16-17-30-34(40-42(35(30)33(29)37)32-13-9-10-18-45-32)36-38-31(22-43)39-41(36)24-44-19-20-47(2,3)4/h6-8,11-12,14-17,21-22,32H,5,9-10,13,18-20,23-24H2,1-4H3. The Morgan fingerprint density at radius 1 is 1.04 bits per heavy atom. The number of aldehydes is 1. The molecule has 1 unspecified atom stereocenters. The molecule has 2 aromatic heterocycles. The van der Waals surface area contributed by atoms with Crippen LogP contribution in [0, 0.1) is 5.82 Å². The second kappa shape index (κ2) is 14.3. The average Bonchev–Trinajstić information content (AvgIpc) is 3.68. The molecule has 0 N–H and O–H groups in total. The summed E-state index contributed by atoms with van der Waals surface area (Å²) in [6.45, 7) is 10.6. The minimum atomic E-state index is -1.30. The first kappa shape index (κ1) is 32.7. The number of ether oxygens (including phenoxy) is 3. The van der Waals surface area contributed by atoms with Gasteiger partial charge in [0, 0.05) is 32.2 Å². The van der Waals surface area contributed by atoms with Gasteiger partial charge in [-0.25, -0.2) is 18.7 Å². The van der Waals surface area contributed by atoms with Gasteiger partial charge in [-0.3, -0.25) is 4.79 Å². The summed E-state index contributed by atoms with van der Waals surface area (Å²) in [6.07, 6.45) is 3.47. The van der Waals surface area contributed by atoms with Gasteiger partial charge in [0.15, 0.2) is 24.2 Å². The first-order valence-electron chi connectivity index (χ1n) is 16.4. The molecule has 0 spiro atoms. The van der Waals surface area contributed by atoms with E-state index in [2.05, 4.69) is 36.6 Å². The molecule has 0 radical (unpaired) electrons. The summed E-state index contributed by atoms with van der Waals surface area (Å²) in [4.78, 5) is 16.2. The van der Waals surface area contributed by atoms with Crippen molar-refractivity contribution in [3.05, 3.63) is 83.4 Å². The highest BCUT2D eigenvalue weighted by Crippen LogP contribution is 2.39. The Hall–Kier alpha value is -4.19. The van der Waals surface area contributed by atoms with Crippen LogP contribution in [0.1, 0.15) is 54.2 Å². The lowest BCUT2D eigenvalue weighted by Crippen LogP contribution is -2.22. The lowest BCUT2D eigenvalue weighted by atomic mass is 9.96. The van der Waals surface area contributed by atoms with Crippen molar-refractivity contribution in [3.63, 3.8) is 0 Å². The second-order valence-corrected chi connectivity index (χ2v) is 18.8. The average molecular weight is 656 g/mol. The molecule has 1 atom stereocenters. The quantitative estimate of drug-likeness (QED) is 0.0720. The zero-order valence-electron chi connectivity index (χ0n) is 27.5. The predicted molar refractivity (Wildman–Crippen MR) is 183 cm³/mol. The van der Waals surface area contributed by atoms with E-state index in [0.717, 1.165) is 41.3 Å². The molecule has 3 heterocycles. The molecule has 0 amide bonds. The lowest BCUT2D eigenvalue weighted by molar-refractivity contribution is -0.0368. The molecule has 1 aliphatic rings. The van der Waals surface area contributed by atoms with E-state index in [1.165, 1.54) is 4.68 Å². The van der Waals surface area contributed by atoms with Gasteiger partial charge >= 0.3 is 0 Å². The van der Waals surface area contributed by atoms with Gasteiger partial charge in [-0.2, -0.15) is 5.10 Å². The fourth-order valence-electron chi connectivity index (χ4n) is 5.85. The molecule has 246 valence electrons. The Labute approximate surface area is 275 Å².